The van der Waals surface area contributed by atoms with Gasteiger partial charge in [-0.3, -0.25) is 0 Å². The van der Waals surface area contributed by atoms with Gasteiger partial charge in [0.25, 0.3) is 0 Å². The molecule has 116 valence electrons. The van der Waals surface area contributed by atoms with E-state index in [2.05, 4.69) is 4.98 Å². The molecule has 0 amide bonds. The lowest BCUT2D eigenvalue weighted by molar-refractivity contribution is -0.0222. The number of hydrogen-bond acceptors (Lipinski definition) is 2. The molecule has 0 atom stereocenters. The van der Waals surface area contributed by atoms with E-state index in [4.69, 9.17) is 16.3 Å². The number of fused-ring (bicyclic) bond motifs is 1. The zero-order valence-electron chi connectivity index (χ0n) is 12.4. The maximum absolute atomic E-state index is 14.2. The van der Waals surface area contributed by atoms with Crippen molar-refractivity contribution >= 4 is 22.6 Å². The maximum atomic E-state index is 14.2. The highest BCUT2D eigenvalue weighted by atomic mass is 35.5. The Morgan fingerprint density at radius 3 is 2.67 bits per heavy atom. The average molecular weight is 317 g/mol. The molecule has 0 N–H and O–H groups in total. The first-order valence-electron chi connectivity index (χ1n) is 6.92. The third-order valence-corrected chi connectivity index (χ3v) is 3.46. The van der Waals surface area contributed by atoms with Crippen molar-refractivity contribution in [3.8, 4) is 0 Å². The Hall–Kier alpha value is -1.20. The number of ether oxygens (including phenoxy) is 1. The monoisotopic (exact) mass is 316 g/mol. The molecule has 3 nitrogen and oxygen atoms in total. The summed E-state index contributed by atoms with van der Waals surface area (Å²) in [7, 11) is 0. The molecular weight excluding hydrogens is 298 g/mol. The van der Waals surface area contributed by atoms with Gasteiger partial charge in [0.05, 0.1) is 17.7 Å². The quantitative estimate of drug-likeness (QED) is 0.755. The lowest BCUT2D eigenvalue weighted by Crippen LogP contribution is -2.31. The van der Waals surface area contributed by atoms with E-state index in [1.165, 1.54) is 6.07 Å². The van der Waals surface area contributed by atoms with Gasteiger partial charge in [-0.25, -0.2) is 13.8 Å². The largest absolute Gasteiger partial charge is 0.374 e. The number of imidazole rings is 1. The highest BCUT2D eigenvalue weighted by Crippen LogP contribution is 2.25. The number of aromatic nitrogens is 2. The van der Waals surface area contributed by atoms with Crippen molar-refractivity contribution in [3.05, 3.63) is 29.6 Å². The molecule has 21 heavy (non-hydrogen) atoms. The first-order chi connectivity index (χ1) is 9.89. The fourth-order valence-electron chi connectivity index (χ4n) is 2.47. The minimum atomic E-state index is -0.881. The maximum Gasteiger partial charge on any atom is 0.184 e. The van der Waals surface area contributed by atoms with Crippen molar-refractivity contribution in [1.82, 2.24) is 9.55 Å². The van der Waals surface area contributed by atoms with Crippen molar-refractivity contribution in [2.75, 3.05) is 12.5 Å². The van der Waals surface area contributed by atoms with Crippen LogP contribution in [0.15, 0.2) is 12.1 Å². The van der Waals surface area contributed by atoms with Gasteiger partial charge in [-0.2, -0.15) is 0 Å². The summed E-state index contributed by atoms with van der Waals surface area (Å²) in [5.41, 5.74) is 0.0894. The van der Waals surface area contributed by atoms with E-state index in [1.807, 2.05) is 20.8 Å². The molecule has 0 spiro atoms. The minimum absolute atomic E-state index is 0.169. The molecule has 1 heterocycles. The normalized spacial score (nSPS) is 12.3. The minimum Gasteiger partial charge on any atom is -0.374 e. The summed E-state index contributed by atoms with van der Waals surface area (Å²) >= 11 is 5.79. The lowest BCUT2D eigenvalue weighted by Gasteiger charge is -2.26. The number of hydrogen-bond donors (Lipinski definition) is 0. The fourth-order valence-corrected chi connectivity index (χ4v) is 2.64. The second kappa shape index (κ2) is 6.28. The van der Waals surface area contributed by atoms with Crippen molar-refractivity contribution in [2.24, 2.45) is 0 Å². The number of rotatable bonds is 6. The molecule has 0 aliphatic heterocycles. The van der Waals surface area contributed by atoms with Gasteiger partial charge in [0.2, 0.25) is 0 Å². The summed E-state index contributed by atoms with van der Waals surface area (Å²) < 4.78 is 35.0. The third kappa shape index (κ3) is 3.35. The van der Waals surface area contributed by atoms with Gasteiger partial charge in [0.1, 0.15) is 11.3 Å². The molecule has 0 saturated heterocycles. The molecule has 0 aliphatic rings. The molecule has 0 aliphatic carbocycles. The van der Waals surface area contributed by atoms with E-state index >= 15 is 0 Å². The van der Waals surface area contributed by atoms with Gasteiger partial charge < -0.3 is 9.30 Å². The molecule has 0 bridgehead atoms. The van der Waals surface area contributed by atoms with Gasteiger partial charge in [0.15, 0.2) is 11.6 Å². The Balaban J connectivity index is 2.57. The number of nitrogens with zero attached hydrogens (tertiary/aromatic N) is 2. The second-order valence-electron chi connectivity index (χ2n) is 5.47. The van der Waals surface area contributed by atoms with Crippen molar-refractivity contribution in [3.63, 3.8) is 0 Å². The summed E-state index contributed by atoms with van der Waals surface area (Å²) in [6, 6.07) is 2.57. The molecule has 0 unspecified atom stereocenters. The smallest absolute Gasteiger partial charge is 0.184 e. The summed E-state index contributed by atoms with van der Waals surface area (Å²) in [4.78, 5) is 4.36. The standard InChI is InChI=1S/C15H19ClF2N2O/c1-4-21-15(2,3)9-20-12(7-8-16)19-11-6-5-10(17)13(18)14(11)20/h5-6H,4,7-9H2,1-3H3. The third-order valence-electron chi connectivity index (χ3n) is 3.27. The molecule has 1 aromatic carbocycles. The van der Waals surface area contributed by atoms with Crippen LogP contribution in [0.3, 0.4) is 0 Å². The van der Waals surface area contributed by atoms with Crippen LogP contribution in [0.4, 0.5) is 8.78 Å². The number of aryl methyl sites for hydroxylation is 1. The highest BCUT2D eigenvalue weighted by Gasteiger charge is 2.24. The van der Waals surface area contributed by atoms with Gasteiger partial charge in [-0.15, -0.1) is 11.6 Å². The number of alkyl halides is 1. The molecular formula is C15H19ClF2N2O. The summed E-state index contributed by atoms with van der Waals surface area (Å²) in [5.74, 6) is -0.761. The molecule has 2 rings (SSSR count). The van der Waals surface area contributed by atoms with Crippen molar-refractivity contribution < 1.29 is 13.5 Å². The highest BCUT2D eigenvalue weighted by molar-refractivity contribution is 6.17. The molecule has 0 fully saturated rings. The van der Waals surface area contributed by atoms with E-state index in [1.54, 1.807) is 4.57 Å². The fraction of sp³-hybridized carbons (Fsp3) is 0.533. The SMILES string of the molecule is CCOC(C)(C)Cn1c(CCCl)nc2ccc(F)c(F)c21. The summed E-state index contributed by atoms with van der Waals surface area (Å²) in [5, 5.41) is 0. The van der Waals surface area contributed by atoms with Crippen LogP contribution in [-0.4, -0.2) is 27.6 Å². The van der Waals surface area contributed by atoms with Crippen LogP contribution in [0, 0.1) is 11.6 Å². The molecule has 2 aromatic rings. The average Bonchev–Trinajstić information content (AvgIpc) is 2.73. The Morgan fingerprint density at radius 2 is 2.05 bits per heavy atom. The van der Waals surface area contributed by atoms with Crippen LogP contribution >= 0.6 is 11.6 Å². The van der Waals surface area contributed by atoms with Gasteiger partial charge in [-0.1, -0.05) is 0 Å². The van der Waals surface area contributed by atoms with Gasteiger partial charge in [-0.05, 0) is 32.9 Å². The predicted molar refractivity (Wildman–Crippen MR) is 79.8 cm³/mol. The Morgan fingerprint density at radius 1 is 1.33 bits per heavy atom. The number of halogens is 3. The van der Waals surface area contributed by atoms with Crippen molar-refractivity contribution in [2.45, 2.75) is 39.3 Å². The van der Waals surface area contributed by atoms with Crippen LogP contribution in [0.5, 0.6) is 0 Å². The molecule has 6 heteroatoms. The van der Waals surface area contributed by atoms with Gasteiger partial charge >= 0.3 is 0 Å². The Labute approximate surface area is 127 Å². The molecule has 0 saturated carbocycles. The van der Waals surface area contributed by atoms with E-state index in [0.29, 0.717) is 36.8 Å². The first kappa shape index (κ1) is 16.2. The first-order valence-corrected chi connectivity index (χ1v) is 7.46. The Kier molecular flexibility index (Phi) is 4.84. The predicted octanol–water partition coefficient (Wildman–Crippen LogP) is 3.91. The van der Waals surface area contributed by atoms with Crippen LogP contribution in [0.25, 0.3) is 11.0 Å². The second-order valence-corrected chi connectivity index (χ2v) is 5.85. The van der Waals surface area contributed by atoms with E-state index in [9.17, 15) is 8.78 Å². The van der Waals surface area contributed by atoms with Crippen molar-refractivity contribution in [1.29, 1.82) is 0 Å². The zero-order chi connectivity index (χ0) is 15.6. The lowest BCUT2D eigenvalue weighted by atomic mass is 10.1. The zero-order valence-corrected chi connectivity index (χ0v) is 13.2. The van der Waals surface area contributed by atoms with E-state index in [-0.39, 0.29) is 5.52 Å². The molecule has 0 radical (unpaired) electrons. The van der Waals surface area contributed by atoms with Crippen LogP contribution < -0.4 is 0 Å². The summed E-state index contributed by atoms with van der Waals surface area (Å²) in [6.07, 6.45) is 0.486. The van der Waals surface area contributed by atoms with E-state index < -0.39 is 17.2 Å². The number of benzene rings is 1. The Bertz CT molecular complexity index is 640. The van der Waals surface area contributed by atoms with Crippen LogP contribution in [0.2, 0.25) is 0 Å². The summed E-state index contributed by atoms with van der Waals surface area (Å²) in [6.45, 7) is 6.63. The van der Waals surface area contributed by atoms with Gasteiger partial charge in [0, 0.05) is 18.9 Å². The van der Waals surface area contributed by atoms with Crippen LogP contribution in [-0.2, 0) is 17.7 Å². The topological polar surface area (TPSA) is 27.1 Å². The van der Waals surface area contributed by atoms with E-state index in [0.717, 1.165) is 6.07 Å². The molecule has 1 aromatic heterocycles. The van der Waals surface area contributed by atoms with Crippen LogP contribution in [0.1, 0.15) is 26.6 Å².